The molecule has 1 heterocycles. The van der Waals surface area contributed by atoms with Crippen molar-refractivity contribution in [2.75, 3.05) is 13.1 Å². The summed E-state index contributed by atoms with van der Waals surface area (Å²) in [7, 11) is -3.75. The molecule has 1 aromatic rings. The summed E-state index contributed by atoms with van der Waals surface area (Å²) in [5.41, 5.74) is 5.51. The Labute approximate surface area is 136 Å². The second-order valence-corrected chi connectivity index (χ2v) is 7.98. The maximum atomic E-state index is 12.6. The second-order valence-electron chi connectivity index (χ2n) is 4.81. The Morgan fingerprint density at radius 3 is 2.48 bits per heavy atom. The van der Waals surface area contributed by atoms with Crippen LogP contribution in [0.2, 0.25) is 5.02 Å². The summed E-state index contributed by atoms with van der Waals surface area (Å²) in [5, 5.41) is 9.07. The first kappa shape index (κ1) is 16.7. The van der Waals surface area contributed by atoms with Crippen LogP contribution in [-0.4, -0.2) is 42.9 Å². The Balaban J connectivity index is 2.43. The van der Waals surface area contributed by atoms with Gasteiger partial charge >= 0.3 is 5.97 Å². The molecule has 0 unspecified atom stereocenters. The van der Waals surface area contributed by atoms with Crippen LogP contribution in [0.25, 0.3) is 0 Å². The highest BCUT2D eigenvalue weighted by atomic mass is 79.9. The standard InChI is InChI=1S/C12H14BrClN2O4S/c13-10-6-8(5-9(11(10)14)12(17)18)21(19,20)16-3-1-7(15)2-4-16/h5-7H,1-4,15H2,(H,17,18). The van der Waals surface area contributed by atoms with Gasteiger partial charge in [0.1, 0.15) is 0 Å². The lowest BCUT2D eigenvalue weighted by molar-refractivity contribution is 0.0696. The number of rotatable bonds is 3. The highest BCUT2D eigenvalue weighted by Crippen LogP contribution is 2.31. The van der Waals surface area contributed by atoms with Gasteiger partial charge in [-0.25, -0.2) is 13.2 Å². The molecule has 1 aliphatic heterocycles. The molecule has 0 aliphatic carbocycles. The fraction of sp³-hybridized carbons (Fsp3) is 0.417. The summed E-state index contributed by atoms with van der Waals surface area (Å²) >= 11 is 8.96. The molecule has 0 bridgehead atoms. The van der Waals surface area contributed by atoms with Crippen molar-refractivity contribution >= 4 is 43.5 Å². The van der Waals surface area contributed by atoms with Crippen LogP contribution in [-0.2, 0) is 10.0 Å². The zero-order valence-corrected chi connectivity index (χ0v) is 14.1. The normalized spacial score (nSPS) is 17.9. The fourth-order valence-corrected chi connectivity index (χ4v) is 4.46. The van der Waals surface area contributed by atoms with Crippen molar-refractivity contribution < 1.29 is 18.3 Å². The summed E-state index contributed by atoms with van der Waals surface area (Å²) < 4.78 is 26.7. The summed E-state index contributed by atoms with van der Waals surface area (Å²) in [5.74, 6) is -1.28. The van der Waals surface area contributed by atoms with Gasteiger partial charge in [-0.2, -0.15) is 4.31 Å². The van der Waals surface area contributed by atoms with E-state index in [1.807, 2.05) is 0 Å². The molecule has 1 aromatic carbocycles. The monoisotopic (exact) mass is 396 g/mol. The molecule has 0 radical (unpaired) electrons. The summed E-state index contributed by atoms with van der Waals surface area (Å²) in [6.45, 7) is 0.651. The smallest absolute Gasteiger partial charge is 0.337 e. The van der Waals surface area contributed by atoms with Gasteiger partial charge in [0.05, 0.1) is 15.5 Å². The van der Waals surface area contributed by atoms with Gasteiger partial charge in [0, 0.05) is 23.6 Å². The van der Waals surface area contributed by atoms with Crippen molar-refractivity contribution in [3.63, 3.8) is 0 Å². The molecule has 1 aliphatic rings. The molecule has 0 spiro atoms. The first-order valence-electron chi connectivity index (χ1n) is 6.21. The summed E-state index contributed by atoms with van der Waals surface area (Å²) in [4.78, 5) is 11.1. The average molecular weight is 398 g/mol. The van der Waals surface area contributed by atoms with Gasteiger partial charge in [-0.15, -0.1) is 0 Å². The third-order valence-corrected chi connectivity index (χ3v) is 6.51. The molecule has 3 N–H and O–H groups in total. The van der Waals surface area contributed by atoms with Gasteiger partial charge in [0.25, 0.3) is 0 Å². The van der Waals surface area contributed by atoms with Gasteiger partial charge in [-0.05, 0) is 40.9 Å². The maximum absolute atomic E-state index is 12.6. The molecule has 0 aromatic heterocycles. The number of benzene rings is 1. The minimum Gasteiger partial charge on any atom is -0.478 e. The van der Waals surface area contributed by atoms with Crippen LogP contribution in [0.1, 0.15) is 23.2 Å². The zero-order valence-electron chi connectivity index (χ0n) is 10.9. The summed E-state index contributed by atoms with van der Waals surface area (Å²) in [6, 6.07) is 2.40. The van der Waals surface area contributed by atoms with E-state index in [-0.39, 0.29) is 26.0 Å². The van der Waals surface area contributed by atoms with Crippen LogP contribution in [0.5, 0.6) is 0 Å². The first-order chi connectivity index (χ1) is 9.73. The largest absolute Gasteiger partial charge is 0.478 e. The van der Waals surface area contributed by atoms with E-state index in [1.165, 1.54) is 10.4 Å². The average Bonchev–Trinajstić information content (AvgIpc) is 2.41. The minimum absolute atomic E-state index is 0.00276. The van der Waals surface area contributed by atoms with E-state index in [0.29, 0.717) is 25.9 Å². The van der Waals surface area contributed by atoms with E-state index >= 15 is 0 Å². The third-order valence-electron chi connectivity index (χ3n) is 3.37. The number of carbonyl (C=O) groups is 1. The van der Waals surface area contributed by atoms with Gasteiger partial charge in [-0.1, -0.05) is 11.6 Å². The van der Waals surface area contributed by atoms with Gasteiger partial charge in [0.2, 0.25) is 10.0 Å². The van der Waals surface area contributed by atoms with Crippen molar-refractivity contribution in [3.05, 3.63) is 27.2 Å². The van der Waals surface area contributed by atoms with Crippen LogP contribution in [0.15, 0.2) is 21.5 Å². The van der Waals surface area contributed by atoms with Crippen LogP contribution in [0.3, 0.4) is 0 Å². The number of nitrogens with zero attached hydrogens (tertiary/aromatic N) is 1. The quantitative estimate of drug-likeness (QED) is 0.811. The number of piperidine rings is 1. The van der Waals surface area contributed by atoms with Crippen molar-refractivity contribution in [2.24, 2.45) is 5.73 Å². The Bertz CT molecular complexity index is 672. The van der Waals surface area contributed by atoms with Gasteiger partial charge < -0.3 is 10.8 Å². The fourth-order valence-electron chi connectivity index (χ4n) is 2.13. The van der Waals surface area contributed by atoms with Crippen LogP contribution in [0, 0.1) is 0 Å². The van der Waals surface area contributed by atoms with E-state index in [1.54, 1.807) is 0 Å². The molecule has 0 amide bonds. The number of carboxylic acid groups (broad SMARTS) is 1. The van der Waals surface area contributed by atoms with E-state index < -0.39 is 16.0 Å². The highest BCUT2D eigenvalue weighted by molar-refractivity contribution is 9.10. The molecule has 2 rings (SSSR count). The summed E-state index contributed by atoms with van der Waals surface area (Å²) in [6.07, 6.45) is 1.17. The lowest BCUT2D eigenvalue weighted by Gasteiger charge is -2.29. The molecule has 6 nitrogen and oxygen atoms in total. The number of aromatic carboxylic acids is 1. The first-order valence-corrected chi connectivity index (χ1v) is 8.82. The zero-order chi connectivity index (χ0) is 15.8. The van der Waals surface area contributed by atoms with Crippen molar-refractivity contribution in [1.82, 2.24) is 4.31 Å². The van der Waals surface area contributed by atoms with E-state index in [2.05, 4.69) is 15.9 Å². The van der Waals surface area contributed by atoms with E-state index in [0.717, 1.165) is 6.07 Å². The molecular formula is C12H14BrClN2O4S. The second kappa shape index (κ2) is 6.21. The van der Waals surface area contributed by atoms with Gasteiger partial charge in [0.15, 0.2) is 0 Å². The van der Waals surface area contributed by atoms with E-state index in [4.69, 9.17) is 22.4 Å². The molecule has 0 saturated carbocycles. The van der Waals surface area contributed by atoms with E-state index in [9.17, 15) is 13.2 Å². The third kappa shape index (κ3) is 3.40. The topological polar surface area (TPSA) is 101 Å². The van der Waals surface area contributed by atoms with Crippen molar-refractivity contribution in [2.45, 2.75) is 23.8 Å². The Kier molecular flexibility index (Phi) is 4.94. The predicted molar refractivity (Wildman–Crippen MR) is 82.1 cm³/mol. The van der Waals surface area contributed by atoms with Crippen LogP contribution in [0.4, 0.5) is 0 Å². The molecule has 9 heteroatoms. The van der Waals surface area contributed by atoms with Crippen LogP contribution < -0.4 is 5.73 Å². The Hall–Kier alpha value is -0.670. The number of carboxylic acids is 1. The maximum Gasteiger partial charge on any atom is 0.337 e. The number of nitrogens with two attached hydrogens (primary N) is 1. The lowest BCUT2D eigenvalue weighted by Crippen LogP contribution is -2.42. The molecular weight excluding hydrogens is 384 g/mol. The van der Waals surface area contributed by atoms with Crippen LogP contribution >= 0.6 is 27.5 Å². The number of sulfonamides is 1. The molecule has 21 heavy (non-hydrogen) atoms. The highest BCUT2D eigenvalue weighted by Gasteiger charge is 2.30. The van der Waals surface area contributed by atoms with Crippen molar-refractivity contribution in [1.29, 1.82) is 0 Å². The number of halogens is 2. The number of hydrogen-bond acceptors (Lipinski definition) is 4. The molecule has 1 fully saturated rings. The molecule has 0 atom stereocenters. The number of hydrogen-bond donors (Lipinski definition) is 2. The molecule has 1 saturated heterocycles. The predicted octanol–water partition coefficient (Wildman–Crippen LogP) is 1.91. The van der Waals surface area contributed by atoms with Crippen molar-refractivity contribution in [3.8, 4) is 0 Å². The Morgan fingerprint density at radius 2 is 1.95 bits per heavy atom. The lowest BCUT2D eigenvalue weighted by atomic mass is 10.1. The molecule has 116 valence electrons. The Morgan fingerprint density at radius 1 is 1.38 bits per heavy atom. The SMILES string of the molecule is NC1CCN(S(=O)(=O)c2cc(Br)c(Cl)c(C(=O)O)c2)CC1. The van der Waals surface area contributed by atoms with Gasteiger partial charge in [-0.3, -0.25) is 0 Å². The minimum atomic E-state index is -3.75.